The van der Waals surface area contributed by atoms with Crippen LogP contribution in [-0.2, 0) is 4.79 Å². The number of nitrogens with one attached hydrogen (secondary N) is 3. The summed E-state index contributed by atoms with van der Waals surface area (Å²) in [4.78, 5) is 23.9. The zero-order valence-electron chi connectivity index (χ0n) is 12.6. The maximum atomic E-state index is 13.2. The van der Waals surface area contributed by atoms with Crippen molar-refractivity contribution in [2.75, 3.05) is 17.2 Å². The number of hydrogen-bond acceptors (Lipinski definition) is 2. The van der Waals surface area contributed by atoms with Crippen LogP contribution in [0.15, 0.2) is 42.5 Å². The van der Waals surface area contributed by atoms with Gasteiger partial charge in [-0.1, -0.05) is 29.8 Å². The summed E-state index contributed by atoms with van der Waals surface area (Å²) in [6, 6.07) is 10.7. The zero-order chi connectivity index (χ0) is 17.1. The van der Waals surface area contributed by atoms with E-state index in [1.807, 2.05) is 24.3 Å². The van der Waals surface area contributed by atoms with Gasteiger partial charge in [0.05, 0.1) is 16.6 Å². The van der Waals surface area contributed by atoms with Crippen LogP contribution in [-0.4, -0.2) is 18.5 Å². The van der Waals surface area contributed by atoms with Crippen LogP contribution in [0.1, 0.15) is 17.9 Å². The van der Waals surface area contributed by atoms with Crippen molar-refractivity contribution in [1.82, 2.24) is 5.32 Å². The molecule has 0 saturated carbocycles. The first-order valence-electron chi connectivity index (χ1n) is 7.44. The van der Waals surface area contributed by atoms with Gasteiger partial charge in [0, 0.05) is 12.2 Å². The third kappa shape index (κ3) is 3.49. The fraction of sp³-hybridized carbons (Fsp3) is 0.176. The Morgan fingerprint density at radius 2 is 2.04 bits per heavy atom. The van der Waals surface area contributed by atoms with Crippen LogP contribution in [0.2, 0.25) is 5.02 Å². The average Bonchev–Trinajstić information content (AvgIpc) is 2.87. The molecule has 7 heteroatoms. The van der Waals surface area contributed by atoms with Crippen molar-refractivity contribution in [3.8, 4) is 0 Å². The fourth-order valence-electron chi connectivity index (χ4n) is 2.65. The van der Waals surface area contributed by atoms with Gasteiger partial charge in [-0.05, 0) is 36.2 Å². The molecular weight excluding hydrogens is 333 g/mol. The summed E-state index contributed by atoms with van der Waals surface area (Å²) in [6.07, 6.45) is 0.465. The van der Waals surface area contributed by atoms with E-state index in [-0.39, 0.29) is 22.5 Å². The summed E-state index contributed by atoms with van der Waals surface area (Å²) in [5.41, 5.74) is 1.93. The Kier molecular flexibility index (Phi) is 4.66. The van der Waals surface area contributed by atoms with Crippen LogP contribution in [0.5, 0.6) is 0 Å². The minimum atomic E-state index is -0.505. The van der Waals surface area contributed by atoms with Gasteiger partial charge in [0.15, 0.2) is 0 Å². The van der Waals surface area contributed by atoms with E-state index in [9.17, 15) is 14.0 Å². The van der Waals surface area contributed by atoms with Crippen LogP contribution < -0.4 is 16.0 Å². The van der Waals surface area contributed by atoms with Crippen molar-refractivity contribution in [2.24, 2.45) is 0 Å². The summed E-state index contributed by atoms with van der Waals surface area (Å²) in [5, 5.41) is 8.19. The molecule has 3 rings (SSSR count). The molecular formula is C17H15ClFN3O2. The lowest BCUT2D eigenvalue weighted by Crippen LogP contribution is -2.31. The minimum Gasteiger partial charge on any atom is -0.338 e. The molecule has 0 saturated heterocycles. The molecule has 1 heterocycles. The second-order valence-corrected chi connectivity index (χ2v) is 5.83. The third-order valence-corrected chi connectivity index (χ3v) is 4.14. The standard InChI is InChI=1S/C17H15ClFN3O2/c18-13-6-5-10(19)9-15(13)22-17(24)20-8-7-12-11-3-1-2-4-14(11)21-16(12)23/h1-6,9,12H,7-8H2,(H,21,23)(H2,20,22,24). The Balaban J connectivity index is 1.54. The molecule has 3 N–H and O–H groups in total. The minimum absolute atomic E-state index is 0.0772. The van der Waals surface area contributed by atoms with Crippen LogP contribution in [0.25, 0.3) is 0 Å². The largest absolute Gasteiger partial charge is 0.338 e. The second-order valence-electron chi connectivity index (χ2n) is 5.42. The molecule has 0 fully saturated rings. The predicted molar refractivity (Wildman–Crippen MR) is 90.9 cm³/mol. The predicted octanol–water partition coefficient (Wildman–Crippen LogP) is 3.73. The first kappa shape index (κ1) is 16.3. The first-order valence-corrected chi connectivity index (χ1v) is 7.82. The molecule has 0 radical (unpaired) electrons. The average molecular weight is 348 g/mol. The van der Waals surface area contributed by atoms with E-state index in [1.165, 1.54) is 12.1 Å². The van der Waals surface area contributed by atoms with Gasteiger partial charge in [0.2, 0.25) is 5.91 Å². The van der Waals surface area contributed by atoms with Crippen LogP contribution in [0.3, 0.4) is 0 Å². The Hall–Kier alpha value is -2.60. The fourth-order valence-corrected chi connectivity index (χ4v) is 2.82. The highest BCUT2D eigenvalue weighted by atomic mass is 35.5. The molecule has 0 aliphatic carbocycles. The topological polar surface area (TPSA) is 70.2 Å². The number of carbonyl (C=O) groups excluding carboxylic acids is 2. The van der Waals surface area contributed by atoms with Gasteiger partial charge in [-0.15, -0.1) is 0 Å². The number of hydrogen-bond donors (Lipinski definition) is 3. The maximum absolute atomic E-state index is 13.2. The lowest BCUT2D eigenvalue weighted by atomic mass is 9.97. The van der Waals surface area contributed by atoms with Gasteiger partial charge >= 0.3 is 6.03 Å². The molecule has 1 unspecified atom stereocenters. The van der Waals surface area contributed by atoms with Gasteiger partial charge < -0.3 is 16.0 Å². The van der Waals surface area contributed by atoms with Crippen molar-refractivity contribution >= 4 is 34.9 Å². The Morgan fingerprint density at radius 3 is 2.88 bits per heavy atom. The number of anilines is 2. The summed E-state index contributed by atoms with van der Waals surface area (Å²) in [5.74, 6) is -0.861. The highest BCUT2D eigenvalue weighted by Crippen LogP contribution is 2.33. The van der Waals surface area contributed by atoms with E-state index in [0.717, 1.165) is 17.3 Å². The van der Waals surface area contributed by atoms with E-state index in [2.05, 4.69) is 16.0 Å². The number of rotatable bonds is 4. The second kappa shape index (κ2) is 6.88. The van der Waals surface area contributed by atoms with Crippen molar-refractivity contribution in [2.45, 2.75) is 12.3 Å². The summed E-state index contributed by atoms with van der Waals surface area (Å²) in [7, 11) is 0. The van der Waals surface area contributed by atoms with Gasteiger partial charge in [-0.25, -0.2) is 9.18 Å². The number of urea groups is 1. The van der Waals surface area contributed by atoms with Crippen molar-refractivity contribution in [3.63, 3.8) is 0 Å². The molecule has 1 aliphatic rings. The highest BCUT2D eigenvalue weighted by molar-refractivity contribution is 6.33. The SMILES string of the molecule is O=C(NCCC1C(=O)Nc2ccccc21)Nc1cc(F)ccc1Cl. The van der Waals surface area contributed by atoms with Crippen molar-refractivity contribution < 1.29 is 14.0 Å². The van der Waals surface area contributed by atoms with E-state index < -0.39 is 11.8 Å². The molecule has 0 bridgehead atoms. The number of fused-ring (bicyclic) bond motifs is 1. The number of benzene rings is 2. The molecule has 2 aromatic rings. The van der Waals surface area contributed by atoms with Gasteiger partial charge in [0.25, 0.3) is 0 Å². The van der Waals surface area contributed by atoms with Gasteiger partial charge in [0.1, 0.15) is 5.82 Å². The molecule has 124 valence electrons. The summed E-state index contributed by atoms with van der Waals surface area (Å²) in [6.45, 7) is 0.297. The quantitative estimate of drug-likeness (QED) is 0.788. The lowest BCUT2D eigenvalue weighted by Gasteiger charge is -2.11. The van der Waals surface area contributed by atoms with Gasteiger partial charge in [-0.2, -0.15) is 0 Å². The first-order chi connectivity index (χ1) is 11.5. The molecule has 1 atom stereocenters. The maximum Gasteiger partial charge on any atom is 0.319 e. The molecule has 5 nitrogen and oxygen atoms in total. The number of carbonyl (C=O) groups is 2. The number of halogens is 2. The Labute approximate surface area is 143 Å². The number of para-hydroxylation sites is 1. The Morgan fingerprint density at radius 1 is 1.25 bits per heavy atom. The lowest BCUT2D eigenvalue weighted by molar-refractivity contribution is -0.117. The monoisotopic (exact) mass is 347 g/mol. The molecule has 0 spiro atoms. The van der Waals surface area contributed by atoms with E-state index in [4.69, 9.17) is 11.6 Å². The Bertz CT molecular complexity index is 797. The third-order valence-electron chi connectivity index (χ3n) is 3.81. The smallest absolute Gasteiger partial charge is 0.319 e. The molecule has 3 amide bonds. The van der Waals surface area contributed by atoms with E-state index in [0.29, 0.717) is 13.0 Å². The van der Waals surface area contributed by atoms with Crippen LogP contribution >= 0.6 is 11.6 Å². The van der Waals surface area contributed by atoms with Crippen LogP contribution in [0.4, 0.5) is 20.6 Å². The highest BCUT2D eigenvalue weighted by Gasteiger charge is 2.29. The molecule has 0 aromatic heterocycles. The summed E-state index contributed by atoms with van der Waals surface area (Å²) < 4.78 is 13.2. The van der Waals surface area contributed by atoms with Crippen LogP contribution in [0, 0.1) is 5.82 Å². The van der Waals surface area contributed by atoms with Crippen molar-refractivity contribution in [3.05, 3.63) is 58.9 Å². The molecule has 24 heavy (non-hydrogen) atoms. The number of amides is 3. The normalized spacial score (nSPS) is 15.6. The zero-order valence-corrected chi connectivity index (χ0v) is 13.4. The molecule has 1 aliphatic heterocycles. The van der Waals surface area contributed by atoms with Gasteiger partial charge in [-0.3, -0.25) is 4.79 Å². The van der Waals surface area contributed by atoms with Crippen molar-refractivity contribution in [1.29, 1.82) is 0 Å². The molecule has 2 aromatic carbocycles. The summed E-state index contributed by atoms with van der Waals surface area (Å²) >= 11 is 5.89. The van der Waals surface area contributed by atoms with E-state index >= 15 is 0 Å². The van der Waals surface area contributed by atoms with E-state index in [1.54, 1.807) is 0 Å².